The van der Waals surface area contributed by atoms with Crippen molar-refractivity contribution in [3.63, 3.8) is 0 Å². The zero-order valence-electron chi connectivity index (χ0n) is 19.7. The first-order chi connectivity index (χ1) is 15.0. The van der Waals surface area contributed by atoms with Gasteiger partial charge in [-0.15, -0.1) is 0 Å². The maximum atomic E-state index is 7.39. The molecule has 0 N–H and O–H groups in total. The monoisotopic (exact) mass is 417 g/mol. The molecule has 1 saturated heterocycles. The van der Waals surface area contributed by atoms with Crippen LogP contribution in [0.5, 0.6) is 0 Å². The van der Waals surface area contributed by atoms with Crippen LogP contribution in [0.3, 0.4) is 0 Å². The summed E-state index contributed by atoms with van der Waals surface area (Å²) in [6.07, 6.45) is 17.9. The molecule has 1 aromatic carbocycles. The molecule has 2 spiro atoms. The fourth-order valence-corrected chi connectivity index (χ4v) is 8.38. The number of rotatable bonds is 4. The zero-order chi connectivity index (χ0) is 21.3. The zero-order valence-corrected chi connectivity index (χ0v) is 19.7. The highest BCUT2D eigenvalue weighted by atomic mass is 16.5. The molecule has 166 valence electrons. The van der Waals surface area contributed by atoms with E-state index in [4.69, 9.17) is 4.74 Å². The van der Waals surface area contributed by atoms with Gasteiger partial charge in [0.2, 0.25) is 0 Å². The summed E-state index contributed by atoms with van der Waals surface area (Å²) in [5.41, 5.74) is 5.11. The number of nitrogens with zero attached hydrogens (tertiary/aromatic N) is 1. The van der Waals surface area contributed by atoms with Gasteiger partial charge >= 0.3 is 0 Å². The summed E-state index contributed by atoms with van der Waals surface area (Å²) in [6.45, 7) is 2.61. The molecule has 2 nitrogen and oxygen atoms in total. The standard InChI is InChI=1S/C29H39NO/c1-27-16-15-24-19-23-11-13-25(30(2)3)20-28(23)17-18-29(24,31-28)26(27)14-12-22(27)10-9-21-7-5-4-6-8-21/h4-8,15,19,22,25-26H,9-14,16-18,20H2,1-3H3/t22-,25-,26+,27+,28?,29+/m0/s1. The third-order valence-corrected chi connectivity index (χ3v) is 10.2. The van der Waals surface area contributed by atoms with Crippen LogP contribution < -0.4 is 0 Å². The minimum atomic E-state index is 0.00615. The minimum absolute atomic E-state index is 0.00615. The van der Waals surface area contributed by atoms with Gasteiger partial charge in [0, 0.05) is 6.04 Å². The predicted molar refractivity (Wildman–Crippen MR) is 127 cm³/mol. The van der Waals surface area contributed by atoms with Crippen LogP contribution in [0.1, 0.15) is 70.3 Å². The molecule has 0 aromatic heterocycles. The Morgan fingerprint density at radius 1 is 1.06 bits per heavy atom. The lowest BCUT2D eigenvalue weighted by Crippen LogP contribution is -2.55. The lowest BCUT2D eigenvalue weighted by molar-refractivity contribution is -0.142. The van der Waals surface area contributed by atoms with Crippen LogP contribution in [-0.2, 0) is 11.2 Å². The highest BCUT2D eigenvalue weighted by Gasteiger charge is 2.66. The van der Waals surface area contributed by atoms with E-state index in [1.165, 1.54) is 69.8 Å². The Hall–Kier alpha value is -1.38. The van der Waals surface area contributed by atoms with Gasteiger partial charge in [0.15, 0.2) is 0 Å². The highest BCUT2D eigenvalue weighted by Crippen LogP contribution is 2.68. The van der Waals surface area contributed by atoms with E-state index in [0.717, 1.165) is 5.92 Å². The molecule has 1 unspecified atom stereocenters. The van der Waals surface area contributed by atoms with Crippen LogP contribution in [0, 0.1) is 17.3 Å². The van der Waals surface area contributed by atoms with Gasteiger partial charge < -0.3 is 9.64 Å². The van der Waals surface area contributed by atoms with Gasteiger partial charge in [-0.1, -0.05) is 49.4 Å². The molecule has 6 atom stereocenters. The Labute approximate surface area is 188 Å². The molecule has 1 aromatic rings. The van der Waals surface area contributed by atoms with Crippen LogP contribution in [0.4, 0.5) is 0 Å². The molecule has 2 saturated carbocycles. The number of fused-ring (bicyclic) bond motifs is 1. The van der Waals surface area contributed by atoms with Gasteiger partial charge in [-0.3, -0.25) is 0 Å². The van der Waals surface area contributed by atoms with E-state index in [-0.39, 0.29) is 11.2 Å². The van der Waals surface area contributed by atoms with Gasteiger partial charge in [0.05, 0.1) is 11.2 Å². The second kappa shape index (κ2) is 7.06. The molecule has 2 heterocycles. The van der Waals surface area contributed by atoms with E-state index >= 15 is 0 Å². The lowest BCUT2D eigenvalue weighted by Gasteiger charge is -2.54. The van der Waals surface area contributed by atoms with Crippen LogP contribution in [0.25, 0.3) is 0 Å². The van der Waals surface area contributed by atoms with E-state index in [1.807, 2.05) is 0 Å². The summed E-state index contributed by atoms with van der Waals surface area (Å²) in [4.78, 5) is 2.44. The largest absolute Gasteiger partial charge is 0.359 e. The van der Waals surface area contributed by atoms with Crippen LogP contribution in [0.15, 0.2) is 53.6 Å². The second-order valence-corrected chi connectivity index (χ2v) is 11.7. The number of aryl methyl sites for hydroxylation is 1. The molecule has 3 aliphatic carbocycles. The third kappa shape index (κ3) is 2.90. The minimum Gasteiger partial charge on any atom is -0.359 e. The second-order valence-electron chi connectivity index (χ2n) is 11.7. The summed E-state index contributed by atoms with van der Waals surface area (Å²) in [5.74, 6) is 1.51. The van der Waals surface area contributed by atoms with Gasteiger partial charge in [-0.05, 0) is 112 Å². The van der Waals surface area contributed by atoms with Crippen LogP contribution >= 0.6 is 0 Å². The van der Waals surface area contributed by atoms with Crippen molar-refractivity contribution in [3.05, 3.63) is 59.2 Å². The molecule has 31 heavy (non-hydrogen) atoms. The molecular weight excluding hydrogens is 378 g/mol. The van der Waals surface area contributed by atoms with Gasteiger partial charge in [-0.25, -0.2) is 0 Å². The third-order valence-electron chi connectivity index (χ3n) is 10.2. The first-order valence-corrected chi connectivity index (χ1v) is 12.8. The summed E-state index contributed by atoms with van der Waals surface area (Å²) in [6, 6.07) is 11.8. The topological polar surface area (TPSA) is 12.5 Å². The van der Waals surface area contributed by atoms with Crippen molar-refractivity contribution >= 4 is 0 Å². The van der Waals surface area contributed by atoms with Crippen molar-refractivity contribution in [2.75, 3.05) is 14.1 Å². The number of hydrogen-bond acceptors (Lipinski definition) is 2. The maximum Gasteiger partial charge on any atom is 0.0974 e. The fourth-order valence-electron chi connectivity index (χ4n) is 8.38. The molecule has 2 heteroatoms. The molecule has 2 bridgehead atoms. The van der Waals surface area contributed by atoms with Crippen molar-refractivity contribution in [2.24, 2.45) is 17.3 Å². The van der Waals surface area contributed by atoms with Crippen molar-refractivity contribution in [3.8, 4) is 0 Å². The Morgan fingerprint density at radius 2 is 1.90 bits per heavy atom. The van der Waals surface area contributed by atoms with Crippen LogP contribution in [-0.4, -0.2) is 36.2 Å². The number of allylic oxidation sites excluding steroid dienone is 1. The smallest absolute Gasteiger partial charge is 0.0974 e. The average Bonchev–Trinajstić information content (AvgIpc) is 3.27. The first-order valence-electron chi connectivity index (χ1n) is 12.8. The molecular formula is C29H39NO. The summed E-state index contributed by atoms with van der Waals surface area (Å²) >= 11 is 0. The summed E-state index contributed by atoms with van der Waals surface area (Å²) < 4.78 is 7.39. The average molecular weight is 418 g/mol. The van der Waals surface area contributed by atoms with Gasteiger partial charge in [-0.2, -0.15) is 0 Å². The maximum absolute atomic E-state index is 7.39. The fraction of sp³-hybridized carbons (Fsp3) is 0.655. The molecule has 5 aliphatic rings. The summed E-state index contributed by atoms with van der Waals surface area (Å²) in [5, 5.41) is 0. The van der Waals surface area contributed by atoms with E-state index in [9.17, 15) is 0 Å². The number of ether oxygens (including phenoxy) is 1. The molecule has 0 radical (unpaired) electrons. The molecule has 2 aliphatic heterocycles. The van der Waals surface area contributed by atoms with Gasteiger partial charge in [0.25, 0.3) is 0 Å². The lowest BCUT2D eigenvalue weighted by atomic mass is 9.58. The van der Waals surface area contributed by atoms with Crippen molar-refractivity contribution in [1.82, 2.24) is 4.90 Å². The normalized spacial score (nSPS) is 43.2. The molecule has 3 fully saturated rings. The van der Waals surface area contributed by atoms with E-state index < -0.39 is 0 Å². The Kier molecular flexibility index (Phi) is 4.61. The Bertz CT molecular complexity index is 916. The molecule has 6 rings (SSSR count). The van der Waals surface area contributed by atoms with Crippen LogP contribution in [0.2, 0.25) is 0 Å². The Balaban J connectivity index is 1.29. The summed E-state index contributed by atoms with van der Waals surface area (Å²) in [7, 11) is 4.50. The number of hydrogen-bond donors (Lipinski definition) is 0. The van der Waals surface area contributed by atoms with Gasteiger partial charge in [0.1, 0.15) is 0 Å². The van der Waals surface area contributed by atoms with Crippen molar-refractivity contribution in [2.45, 2.75) is 88.4 Å². The highest BCUT2D eigenvalue weighted by molar-refractivity contribution is 5.47. The Morgan fingerprint density at radius 3 is 2.71 bits per heavy atom. The SMILES string of the molecule is CN(C)[C@H]1CCC2=CC3=CC[C@]4(C)[C@@H](CCc5ccccc5)CC[C@H]4[C@@]34CCC2(C1)O4. The van der Waals surface area contributed by atoms with E-state index in [2.05, 4.69) is 68.4 Å². The number of benzene rings is 1. The first kappa shape index (κ1) is 20.2. The quantitative estimate of drug-likeness (QED) is 0.568. The predicted octanol–water partition coefficient (Wildman–Crippen LogP) is 6.32. The van der Waals surface area contributed by atoms with Crippen molar-refractivity contribution in [1.29, 1.82) is 0 Å². The van der Waals surface area contributed by atoms with E-state index in [0.29, 0.717) is 17.4 Å². The van der Waals surface area contributed by atoms with E-state index in [1.54, 1.807) is 11.1 Å². The molecule has 0 amide bonds. The van der Waals surface area contributed by atoms with Crippen molar-refractivity contribution < 1.29 is 4.74 Å².